The summed E-state index contributed by atoms with van der Waals surface area (Å²) < 4.78 is 0. The Hall–Kier alpha value is -2.48. The van der Waals surface area contributed by atoms with Gasteiger partial charge in [-0.05, 0) is 17.7 Å². The molecule has 17 heavy (non-hydrogen) atoms. The summed E-state index contributed by atoms with van der Waals surface area (Å²) in [5.41, 5.74) is 6.32. The molecular weight excluding hydrogens is 218 g/mol. The summed E-state index contributed by atoms with van der Waals surface area (Å²) in [5, 5.41) is 5.01. The predicted octanol–water partition coefficient (Wildman–Crippen LogP) is 0.218. The summed E-state index contributed by atoms with van der Waals surface area (Å²) in [6.07, 6.45) is 5.03. The average Bonchev–Trinajstić information content (AvgIpc) is 2.34. The molecule has 0 saturated heterocycles. The molecule has 0 unspecified atom stereocenters. The molecule has 5 nitrogen and oxygen atoms in total. The van der Waals surface area contributed by atoms with E-state index in [1.165, 1.54) is 0 Å². The van der Waals surface area contributed by atoms with Crippen molar-refractivity contribution in [3.05, 3.63) is 35.4 Å². The van der Waals surface area contributed by atoms with Gasteiger partial charge in [0.1, 0.15) is 0 Å². The first-order valence-corrected chi connectivity index (χ1v) is 4.97. The third-order valence-corrected chi connectivity index (χ3v) is 2.03. The van der Waals surface area contributed by atoms with Crippen LogP contribution in [0.3, 0.4) is 0 Å². The zero-order chi connectivity index (χ0) is 12.7. The van der Waals surface area contributed by atoms with Crippen LogP contribution in [0.2, 0.25) is 0 Å². The van der Waals surface area contributed by atoms with Gasteiger partial charge in [-0.3, -0.25) is 4.79 Å². The van der Waals surface area contributed by atoms with Crippen molar-refractivity contribution in [3.8, 4) is 12.3 Å². The van der Waals surface area contributed by atoms with E-state index < -0.39 is 6.03 Å². The molecular formula is C12H13N3O2. The monoisotopic (exact) mass is 231 g/mol. The van der Waals surface area contributed by atoms with Crippen molar-refractivity contribution in [2.24, 2.45) is 5.73 Å². The molecule has 1 aromatic carbocycles. The number of carbonyl (C=O) groups is 2. The van der Waals surface area contributed by atoms with Gasteiger partial charge >= 0.3 is 6.03 Å². The van der Waals surface area contributed by atoms with E-state index in [1.807, 2.05) is 0 Å². The van der Waals surface area contributed by atoms with Crippen molar-refractivity contribution in [3.63, 3.8) is 0 Å². The molecule has 5 heteroatoms. The van der Waals surface area contributed by atoms with Crippen LogP contribution in [0.25, 0.3) is 0 Å². The van der Waals surface area contributed by atoms with Crippen LogP contribution in [0.15, 0.2) is 24.3 Å². The van der Waals surface area contributed by atoms with Crippen molar-refractivity contribution in [2.45, 2.75) is 6.54 Å². The van der Waals surface area contributed by atoms with Crippen LogP contribution in [-0.2, 0) is 6.54 Å². The lowest BCUT2D eigenvalue weighted by atomic mass is 10.1. The van der Waals surface area contributed by atoms with Gasteiger partial charge in [0.15, 0.2) is 0 Å². The lowest BCUT2D eigenvalue weighted by Crippen LogP contribution is -2.28. The van der Waals surface area contributed by atoms with E-state index in [9.17, 15) is 9.59 Å². The smallest absolute Gasteiger partial charge is 0.312 e. The summed E-state index contributed by atoms with van der Waals surface area (Å²) in [6.45, 7) is 0.533. The van der Waals surface area contributed by atoms with Crippen LogP contribution >= 0.6 is 0 Å². The Balaban J connectivity index is 2.58. The normalized spacial score (nSPS) is 9.12. The first-order valence-electron chi connectivity index (χ1n) is 4.97. The van der Waals surface area contributed by atoms with Gasteiger partial charge in [-0.1, -0.05) is 18.1 Å². The second kappa shape index (κ2) is 6.18. The summed E-state index contributed by atoms with van der Waals surface area (Å²) in [4.78, 5) is 22.0. The van der Waals surface area contributed by atoms with Crippen LogP contribution < -0.4 is 16.4 Å². The fourth-order valence-corrected chi connectivity index (χ4v) is 1.20. The molecule has 0 radical (unpaired) electrons. The Morgan fingerprint density at radius 3 is 2.41 bits per heavy atom. The maximum absolute atomic E-state index is 11.5. The fourth-order valence-electron chi connectivity index (χ4n) is 1.20. The lowest BCUT2D eigenvalue weighted by Gasteiger charge is -2.04. The minimum absolute atomic E-state index is 0.198. The topological polar surface area (TPSA) is 84.2 Å². The summed E-state index contributed by atoms with van der Waals surface area (Å²) in [6, 6.07) is 6.20. The zero-order valence-corrected chi connectivity index (χ0v) is 9.19. The number of urea groups is 1. The summed E-state index contributed by atoms with van der Waals surface area (Å²) in [5.74, 6) is 2.09. The van der Waals surface area contributed by atoms with Gasteiger partial charge in [-0.15, -0.1) is 6.42 Å². The van der Waals surface area contributed by atoms with Gasteiger partial charge in [0, 0.05) is 12.1 Å². The van der Waals surface area contributed by atoms with Crippen molar-refractivity contribution in [1.82, 2.24) is 10.6 Å². The molecule has 1 rings (SSSR count). The minimum atomic E-state index is -0.583. The van der Waals surface area contributed by atoms with Gasteiger partial charge in [0.2, 0.25) is 0 Å². The van der Waals surface area contributed by atoms with E-state index in [0.717, 1.165) is 5.56 Å². The second-order valence-electron chi connectivity index (χ2n) is 3.30. The van der Waals surface area contributed by atoms with Gasteiger partial charge < -0.3 is 16.4 Å². The Kier molecular flexibility index (Phi) is 4.58. The standard InChI is InChI=1S/C12H13N3O2/c1-2-7-14-11(16)10-5-3-9(4-6-10)8-15-12(13)17/h1,3-6H,7-8H2,(H,14,16)(H3,13,15,17). The number of nitrogens with one attached hydrogen (secondary N) is 2. The average molecular weight is 231 g/mol. The number of terminal acetylenes is 1. The lowest BCUT2D eigenvalue weighted by molar-refractivity contribution is 0.0958. The molecule has 0 heterocycles. The summed E-state index contributed by atoms with van der Waals surface area (Å²) in [7, 11) is 0. The molecule has 3 amide bonds. The molecule has 0 aliphatic rings. The van der Waals surface area contributed by atoms with Crippen molar-refractivity contribution >= 4 is 11.9 Å². The van der Waals surface area contributed by atoms with Crippen LogP contribution in [-0.4, -0.2) is 18.5 Å². The molecule has 0 aromatic heterocycles. The number of primary amides is 1. The fraction of sp³-hybridized carbons (Fsp3) is 0.167. The number of hydrogen-bond donors (Lipinski definition) is 3. The molecule has 0 fully saturated rings. The molecule has 0 spiro atoms. The molecule has 88 valence electrons. The summed E-state index contributed by atoms with van der Waals surface area (Å²) >= 11 is 0. The number of rotatable bonds is 4. The highest BCUT2D eigenvalue weighted by Crippen LogP contribution is 2.04. The van der Waals surface area contributed by atoms with Gasteiger partial charge in [0.25, 0.3) is 5.91 Å². The number of nitrogens with two attached hydrogens (primary N) is 1. The molecule has 1 aromatic rings. The van der Waals surface area contributed by atoms with Crippen LogP contribution in [0, 0.1) is 12.3 Å². The highest BCUT2D eigenvalue weighted by molar-refractivity contribution is 5.94. The van der Waals surface area contributed by atoms with Crippen molar-refractivity contribution in [2.75, 3.05) is 6.54 Å². The molecule has 0 aliphatic heterocycles. The second-order valence-corrected chi connectivity index (χ2v) is 3.30. The van der Waals surface area contributed by atoms with Gasteiger partial charge in [0.05, 0.1) is 6.54 Å². The number of amides is 3. The van der Waals surface area contributed by atoms with E-state index in [2.05, 4.69) is 16.6 Å². The van der Waals surface area contributed by atoms with Gasteiger partial charge in [-0.2, -0.15) is 0 Å². The van der Waals surface area contributed by atoms with Gasteiger partial charge in [-0.25, -0.2) is 4.79 Å². The number of carbonyl (C=O) groups excluding carboxylic acids is 2. The van der Waals surface area contributed by atoms with Crippen LogP contribution in [0.1, 0.15) is 15.9 Å². The maximum atomic E-state index is 11.5. The van der Waals surface area contributed by atoms with Crippen molar-refractivity contribution in [1.29, 1.82) is 0 Å². The van der Waals surface area contributed by atoms with E-state index in [4.69, 9.17) is 12.2 Å². The Morgan fingerprint density at radius 1 is 1.24 bits per heavy atom. The Labute approximate surface area is 99.4 Å². The predicted molar refractivity (Wildman–Crippen MR) is 64.0 cm³/mol. The SMILES string of the molecule is C#CCNC(=O)c1ccc(CNC(N)=O)cc1. The minimum Gasteiger partial charge on any atom is -0.352 e. The first-order chi connectivity index (χ1) is 8.13. The largest absolute Gasteiger partial charge is 0.352 e. The Bertz CT molecular complexity index is 446. The zero-order valence-electron chi connectivity index (χ0n) is 9.19. The molecule has 0 saturated carbocycles. The highest BCUT2D eigenvalue weighted by Gasteiger charge is 2.03. The first kappa shape index (κ1) is 12.6. The third kappa shape index (κ3) is 4.26. The quantitative estimate of drug-likeness (QED) is 0.647. The molecule has 0 atom stereocenters. The highest BCUT2D eigenvalue weighted by atomic mass is 16.2. The molecule has 0 aliphatic carbocycles. The number of benzene rings is 1. The number of hydrogen-bond acceptors (Lipinski definition) is 2. The van der Waals surface area contributed by atoms with Crippen molar-refractivity contribution < 1.29 is 9.59 Å². The maximum Gasteiger partial charge on any atom is 0.312 e. The van der Waals surface area contributed by atoms with E-state index in [-0.39, 0.29) is 12.5 Å². The molecule has 0 bridgehead atoms. The van der Waals surface area contributed by atoms with E-state index >= 15 is 0 Å². The van der Waals surface area contributed by atoms with E-state index in [1.54, 1.807) is 24.3 Å². The van der Waals surface area contributed by atoms with Crippen LogP contribution in [0.4, 0.5) is 4.79 Å². The molecule has 4 N–H and O–H groups in total. The third-order valence-electron chi connectivity index (χ3n) is 2.03. The van der Waals surface area contributed by atoms with Crippen LogP contribution in [0.5, 0.6) is 0 Å². The Morgan fingerprint density at radius 2 is 1.88 bits per heavy atom. The van der Waals surface area contributed by atoms with E-state index in [0.29, 0.717) is 12.1 Å².